The van der Waals surface area contributed by atoms with E-state index in [0.717, 1.165) is 37.0 Å². The summed E-state index contributed by atoms with van der Waals surface area (Å²) >= 11 is 0. The van der Waals surface area contributed by atoms with Crippen molar-refractivity contribution >= 4 is 11.9 Å². The first kappa shape index (κ1) is 10.1. The molecular weight excluding hydrogens is 204 g/mol. The molecule has 0 saturated heterocycles. The third-order valence-corrected chi connectivity index (χ3v) is 4.87. The quantitative estimate of drug-likeness (QED) is 0.428. The molecule has 4 bridgehead atoms. The zero-order valence-electron chi connectivity index (χ0n) is 9.34. The predicted molar refractivity (Wildman–Crippen MR) is 60.1 cm³/mol. The maximum atomic E-state index is 9.10. The molecular formula is C12H18N2O2. The summed E-state index contributed by atoms with van der Waals surface area (Å²) in [5, 5.41) is 24.2. The summed E-state index contributed by atoms with van der Waals surface area (Å²) in [7, 11) is 0. The molecule has 4 heteroatoms. The van der Waals surface area contributed by atoms with Crippen LogP contribution in [0.15, 0.2) is 10.3 Å². The van der Waals surface area contributed by atoms with E-state index >= 15 is 0 Å². The van der Waals surface area contributed by atoms with E-state index in [1.165, 1.54) is 25.5 Å². The van der Waals surface area contributed by atoms with Crippen LogP contribution < -0.4 is 0 Å². The summed E-state index contributed by atoms with van der Waals surface area (Å²) in [4.78, 5) is 0. The molecule has 88 valence electrons. The topological polar surface area (TPSA) is 65.2 Å². The van der Waals surface area contributed by atoms with Gasteiger partial charge in [-0.05, 0) is 56.3 Å². The van der Waals surface area contributed by atoms with Crippen LogP contribution in [0.25, 0.3) is 0 Å². The highest BCUT2D eigenvalue weighted by Gasteiger charge is 2.53. The van der Waals surface area contributed by atoms with Crippen molar-refractivity contribution in [1.82, 2.24) is 0 Å². The van der Waals surface area contributed by atoms with Crippen molar-refractivity contribution in [2.24, 2.45) is 33.5 Å². The Morgan fingerprint density at radius 3 is 1.88 bits per heavy atom. The van der Waals surface area contributed by atoms with Gasteiger partial charge in [-0.15, -0.1) is 0 Å². The minimum absolute atomic E-state index is 0.00965. The van der Waals surface area contributed by atoms with Gasteiger partial charge >= 0.3 is 0 Å². The average Bonchev–Trinajstić information content (AvgIpc) is 2.23. The van der Waals surface area contributed by atoms with Crippen molar-refractivity contribution in [2.45, 2.75) is 38.5 Å². The number of nitrogens with zero attached hydrogens (tertiary/aromatic N) is 2. The van der Waals surface area contributed by atoms with Crippen molar-refractivity contribution in [3.63, 3.8) is 0 Å². The molecule has 0 heterocycles. The summed E-state index contributed by atoms with van der Waals surface area (Å²) in [6.07, 6.45) is 8.74. The highest BCUT2D eigenvalue weighted by molar-refractivity contribution is 6.32. The molecule has 0 aromatic carbocycles. The first-order chi connectivity index (χ1) is 7.75. The van der Waals surface area contributed by atoms with Gasteiger partial charge in [-0.25, -0.2) is 0 Å². The molecule has 0 aromatic rings. The molecule has 2 N–H and O–H groups in total. The molecule has 16 heavy (non-hydrogen) atoms. The van der Waals surface area contributed by atoms with Crippen LogP contribution in [0.4, 0.5) is 0 Å². The molecule has 4 aliphatic carbocycles. The molecule has 0 aromatic heterocycles. The Labute approximate surface area is 95.0 Å². The zero-order valence-corrected chi connectivity index (χ0v) is 9.34. The molecule has 4 saturated carbocycles. The number of hydrogen-bond donors (Lipinski definition) is 2. The lowest BCUT2D eigenvalue weighted by atomic mass is 9.48. The number of rotatable bonds is 2. The van der Waals surface area contributed by atoms with Crippen LogP contribution >= 0.6 is 0 Å². The minimum atomic E-state index is 0.00965. The van der Waals surface area contributed by atoms with Gasteiger partial charge in [0.2, 0.25) is 0 Å². The van der Waals surface area contributed by atoms with Gasteiger partial charge in [0.1, 0.15) is 5.71 Å². The molecule has 0 spiro atoms. The third kappa shape index (κ3) is 1.35. The Kier molecular flexibility index (Phi) is 2.19. The van der Waals surface area contributed by atoms with E-state index in [-0.39, 0.29) is 5.41 Å². The van der Waals surface area contributed by atoms with Crippen LogP contribution in [0.3, 0.4) is 0 Å². The normalized spacial score (nSPS) is 46.8. The Morgan fingerprint density at radius 2 is 1.50 bits per heavy atom. The fourth-order valence-corrected chi connectivity index (χ4v) is 4.75. The van der Waals surface area contributed by atoms with Gasteiger partial charge in [0, 0.05) is 5.41 Å². The maximum Gasteiger partial charge on any atom is 0.107 e. The molecule has 4 fully saturated rings. The third-order valence-electron chi connectivity index (χ3n) is 4.87. The second-order valence-electron chi connectivity index (χ2n) is 5.93. The molecule has 0 atom stereocenters. The first-order valence-electron chi connectivity index (χ1n) is 6.16. The van der Waals surface area contributed by atoms with E-state index < -0.39 is 0 Å². The summed E-state index contributed by atoms with van der Waals surface area (Å²) in [6, 6.07) is 0. The highest BCUT2D eigenvalue weighted by atomic mass is 16.4. The van der Waals surface area contributed by atoms with Crippen LogP contribution in [-0.4, -0.2) is 22.3 Å². The van der Waals surface area contributed by atoms with Crippen molar-refractivity contribution < 1.29 is 10.4 Å². The Morgan fingerprint density at radius 1 is 1.00 bits per heavy atom. The number of oxime groups is 2. The van der Waals surface area contributed by atoms with Gasteiger partial charge in [-0.2, -0.15) is 0 Å². The van der Waals surface area contributed by atoms with E-state index in [4.69, 9.17) is 10.4 Å². The van der Waals surface area contributed by atoms with Gasteiger partial charge in [-0.3, -0.25) is 0 Å². The summed E-state index contributed by atoms with van der Waals surface area (Å²) in [5.74, 6) is 2.40. The van der Waals surface area contributed by atoms with Gasteiger partial charge < -0.3 is 10.4 Å². The smallest absolute Gasteiger partial charge is 0.107 e. The Bertz CT molecular complexity index is 314. The van der Waals surface area contributed by atoms with Crippen LogP contribution in [0, 0.1) is 23.2 Å². The monoisotopic (exact) mass is 222 g/mol. The van der Waals surface area contributed by atoms with E-state index in [9.17, 15) is 0 Å². The fourth-order valence-electron chi connectivity index (χ4n) is 4.75. The summed E-state index contributed by atoms with van der Waals surface area (Å²) in [5.41, 5.74) is 0.601. The van der Waals surface area contributed by atoms with E-state index in [0.29, 0.717) is 5.71 Å². The van der Waals surface area contributed by atoms with Gasteiger partial charge in [0.05, 0.1) is 6.21 Å². The number of hydrogen-bond acceptors (Lipinski definition) is 4. The van der Waals surface area contributed by atoms with Crippen molar-refractivity contribution in [1.29, 1.82) is 0 Å². The fraction of sp³-hybridized carbons (Fsp3) is 0.833. The van der Waals surface area contributed by atoms with Gasteiger partial charge in [0.25, 0.3) is 0 Å². The van der Waals surface area contributed by atoms with E-state index in [1.54, 1.807) is 0 Å². The molecule has 0 radical (unpaired) electrons. The van der Waals surface area contributed by atoms with Crippen LogP contribution in [0.2, 0.25) is 0 Å². The lowest BCUT2D eigenvalue weighted by Crippen LogP contribution is -2.50. The molecule has 0 amide bonds. The lowest BCUT2D eigenvalue weighted by molar-refractivity contribution is -0.0124. The van der Waals surface area contributed by atoms with E-state index in [1.807, 2.05) is 0 Å². The Hall–Kier alpha value is -1.06. The van der Waals surface area contributed by atoms with Crippen LogP contribution in [-0.2, 0) is 0 Å². The van der Waals surface area contributed by atoms with Crippen molar-refractivity contribution in [3.05, 3.63) is 0 Å². The summed E-state index contributed by atoms with van der Waals surface area (Å²) in [6.45, 7) is 0. The van der Waals surface area contributed by atoms with Crippen molar-refractivity contribution in [3.8, 4) is 0 Å². The van der Waals surface area contributed by atoms with Crippen molar-refractivity contribution in [2.75, 3.05) is 0 Å². The Balaban J connectivity index is 1.93. The van der Waals surface area contributed by atoms with E-state index in [2.05, 4.69) is 10.3 Å². The predicted octanol–water partition coefficient (Wildman–Crippen LogP) is 2.49. The molecule has 4 rings (SSSR count). The minimum Gasteiger partial charge on any atom is -0.411 e. The molecule has 0 aliphatic heterocycles. The second-order valence-corrected chi connectivity index (χ2v) is 5.93. The first-order valence-corrected chi connectivity index (χ1v) is 6.16. The van der Waals surface area contributed by atoms with Gasteiger partial charge in [-0.1, -0.05) is 10.3 Å². The highest BCUT2D eigenvalue weighted by Crippen LogP contribution is 2.60. The largest absolute Gasteiger partial charge is 0.411 e. The molecule has 4 nitrogen and oxygen atoms in total. The zero-order chi connectivity index (χ0) is 11.2. The standard InChI is InChI=1S/C12H18N2O2/c15-13-7-11(14-16)12-4-8-1-9(5-12)3-10(2-8)6-12/h7-10,15-16H,1-6H2. The van der Waals surface area contributed by atoms with Crippen LogP contribution in [0.1, 0.15) is 38.5 Å². The maximum absolute atomic E-state index is 9.10. The second kappa shape index (κ2) is 3.47. The SMILES string of the molecule is ON=CC(=NO)C12CC3CC(CC(C3)C1)C2. The lowest BCUT2D eigenvalue weighted by Gasteiger charge is -2.56. The van der Waals surface area contributed by atoms with Gasteiger partial charge in [0.15, 0.2) is 0 Å². The average molecular weight is 222 g/mol. The molecule has 0 unspecified atom stereocenters. The summed E-state index contributed by atoms with van der Waals surface area (Å²) < 4.78 is 0. The molecule has 4 aliphatic rings. The van der Waals surface area contributed by atoms with Crippen LogP contribution in [0.5, 0.6) is 0 Å².